The largest absolute Gasteiger partial charge is 0.308 e. The minimum atomic E-state index is 0.250. The number of hydrogen-bond acceptors (Lipinski definition) is 3. The van der Waals surface area contributed by atoms with Crippen LogP contribution in [0.3, 0.4) is 0 Å². The van der Waals surface area contributed by atoms with E-state index in [1.165, 1.54) is 19.3 Å². The van der Waals surface area contributed by atoms with E-state index < -0.39 is 0 Å². The number of rotatable bonds is 6. The van der Waals surface area contributed by atoms with E-state index in [4.69, 9.17) is 0 Å². The van der Waals surface area contributed by atoms with Crippen LogP contribution in [0.2, 0.25) is 0 Å². The molecule has 0 aromatic heterocycles. The average Bonchev–Trinajstić information content (AvgIpc) is 2.33. The molecule has 0 radical (unpaired) electrons. The fourth-order valence-corrected chi connectivity index (χ4v) is 2.89. The van der Waals surface area contributed by atoms with Crippen LogP contribution in [0.25, 0.3) is 0 Å². The van der Waals surface area contributed by atoms with E-state index in [1.54, 1.807) is 0 Å². The van der Waals surface area contributed by atoms with Gasteiger partial charge in [-0.25, -0.2) is 0 Å². The summed E-state index contributed by atoms with van der Waals surface area (Å²) in [5.41, 5.74) is 0. The van der Waals surface area contributed by atoms with E-state index in [0.29, 0.717) is 12.0 Å². The molecule has 1 saturated carbocycles. The predicted molar refractivity (Wildman–Crippen MR) is 76.3 cm³/mol. The Labute approximate surface area is 113 Å². The summed E-state index contributed by atoms with van der Waals surface area (Å²) in [4.78, 5) is 4.80. The van der Waals surface area contributed by atoms with Gasteiger partial charge in [-0.05, 0) is 32.9 Å². The topological polar surface area (TPSA) is 30.3 Å². The van der Waals surface area contributed by atoms with Crippen molar-refractivity contribution in [3.05, 3.63) is 0 Å². The van der Waals surface area contributed by atoms with Crippen LogP contribution in [0, 0.1) is 23.2 Å². The van der Waals surface area contributed by atoms with Crippen LogP contribution in [0.5, 0.6) is 0 Å². The maximum Gasteiger partial charge on any atom is 0.0672 e. The second-order valence-electron chi connectivity index (χ2n) is 6.28. The molecule has 104 valence electrons. The van der Waals surface area contributed by atoms with Gasteiger partial charge in [-0.2, -0.15) is 5.26 Å². The minimum absolute atomic E-state index is 0.250. The molecule has 0 aromatic rings. The number of hydrogen-bond donors (Lipinski definition) is 0. The molecule has 0 spiro atoms. The third-order valence-electron chi connectivity index (χ3n) is 3.80. The molecule has 3 heteroatoms. The first-order valence-electron chi connectivity index (χ1n) is 7.33. The molecule has 3 nitrogen and oxygen atoms in total. The average molecular weight is 251 g/mol. The second kappa shape index (κ2) is 7.76. The molecule has 1 aliphatic rings. The summed E-state index contributed by atoms with van der Waals surface area (Å²) >= 11 is 0. The van der Waals surface area contributed by atoms with Gasteiger partial charge in [0, 0.05) is 25.7 Å². The van der Waals surface area contributed by atoms with Crippen LogP contribution in [-0.2, 0) is 0 Å². The molecule has 1 rings (SSSR count). The van der Waals surface area contributed by atoms with Crippen LogP contribution in [0.15, 0.2) is 0 Å². The van der Waals surface area contributed by atoms with Crippen molar-refractivity contribution in [2.24, 2.45) is 11.8 Å². The molecule has 18 heavy (non-hydrogen) atoms. The number of nitrogens with zero attached hydrogens (tertiary/aromatic N) is 3. The molecule has 0 aromatic carbocycles. The first-order valence-corrected chi connectivity index (χ1v) is 7.33. The van der Waals surface area contributed by atoms with E-state index in [0.717, 1.165) is 26.1 Å². The van der Waals surface area contributed by atoms with Gasteiger partial charge in [0.2, 0.25) is 0 Å². The first-order chi connectivity index (χ1) is 8.54. The minimum Gasteiger partial charge on any atom is -0.308 e. The molecule has 0 aliphatic heterocycles. The Kier molecular flexibility index (Phi) is 6.67. The van der Waals surface area contributed by atoms with Gasteiger partial charge in [0.15, 0.2) is 0 Å². The van der Waals surface area contributed by atoms with Gasteiger partial charge < -0.3 is 4.90 Å². The predicted octanol–water partition coefficient (Wildman–Crippen LogP) is 2.59. The van der Waals surface area contributed by atoms with Gasteiger partial charge in [0.1, 0.15) is 0 Å². The Balaban J connectivity index is 2.64. The Bertz CT molecular complexity index is 267. The van der Waals surface area contributed by atoms with Crippen molar-refractivity contribution >= 4 is 0 Å². The molecule has 0 saturated heterocycles. The number of likely N-dealkylation sites (N-methyl/N-ethyl adjacent to an activating group) is 1. The Hall–Kier alpha value is -0.590. The summed E-state index contributed by atoms with van der Waals surface area (Å²) in [5, 5.41) is 9.33. The van der Waals surface area contributed by atoms with Crippen molar-refractivity contribution in [2.75, 3.05) is 33.7 Å². The summed E-state index contributed by atoms with van der Waals surface area (Å²) in [6, 6.07) is 3.03. The van der Waals surface area contributed by atoms with Crippen LogP contribution >= 0.6 is 0 Å². The van der Waals surface area contributed by atoms with Crippen molar-refractivity contribution in [1.29, 1.82) is 5.26 Å². The highest BCUT2D eigenvalue weighted by molar-refractivity contribution is 4.96. The molecule has 2 unspecified atom stereocenters. The van der Waals surface area contributed by atoms with Gasteiger partial charge >= 0.3 is 0 Å². The summed E-state index contributed by atoms with van der Waals surface area (Å²) in [6.45, 7) is 7.84. The third-order valence-corrected chi connectivity index (χ3v) is 3.80. The van der Waals surface area contributed by atoms with E-state index >= 15 is 0 Å². The van der Waals surface area contributed by atoms with Gasteiger partial charge in [0.05, 0.1) is 12.0 Å². The molecule has 1 fully saturated rings. The highest BCUT2D eigenvalue weighted by Gasteiger charge is 2.30. The summed E-state index contributed by atoms with van der Waals surface area (Å²) in [7, 11) is 4.24. The molecule has 1 aliphatic carbocycles. The van der Waals surface area contributed by atoms with Gasteiger partial charge in [-0.3, -0.25) is 4.90 Å². The fourth-order valence-electron chi connectivity index (χ4n) is 2.89. The van der Waals surface area contributed by atoms with Crippen molar-refractivity contribution < 1.29 is 0 Å². The van der Waals surface area contributed by atoms with Crippen molar-refractivity contribution in [3.63, 3.8) is 0 Å². The van der Waals surface area contributed by atoms with Gasteiger partial charge in [-0.1, -0.05) is 26.7 Å². The maximum atomic E-state index is 9.33. The van der Waals surface area contributed by atoms with Gasteiger partial charge in [-0.15, -0.1) is 0 Å². The molecule has 2 atom stereocenters. The van der Waals surface area contributed by atoms with Crippen molar-refractivity contribution in [1.82, 2.24) is 9.80 Å². The zero-order chi connectivity index (χ0) is 13.5. The van der Waals surface area contributed by atoms with Crippen molar-refractivity contribution in [3.8, 4) is 6.07 Å². The van der Waals surface area contributed by atoms with Crippen molar-refractivity contribution in [2.45, 2.75) is 45.6 Å². The van der Waals surface area contributed by atoms with Crippen LogP contribution in [0.4, 0.5) is 0 Å². The molecule has 0 bridgehead atoms. The molecule has 0 amide bonds. The Morgan fingerprint density at radius 2 is 1.83 bits per heavy atom. The first kappa shape index (κ1) is 15.5. The molecule has 0 N–H and O–H groups in total. The maximum absolute atomic E-state index is 9.33. The van der Waals surface area contributed by atoms with E-state index in [1.807, 2.05) is 0 Å². The number of nitriles is 1. The summed E-state index contributed by atoms with van der Waals surface area (Å²) in [6.07, 6.45) is 4.83. The van der Waals surface area contributed by atoms with Crippen LogP contribution < -0.4 is 0 Å². The monoisotopic (exact) mass is 251 g/mol. The zero-order valence-electron chi connectivity index (χ0n) is 12.5. The van der Waals surface area contributed by atoms with E-state index in [9.17, 15) is 5.26 Å². The summed E-state index contributed by atoms with van der Waals surface area (Å²) < 4.78 is 0. The molecular formula is C15H29N3. The Morgan fingerprint density at radius 1 is 1.17 bits per heavy atom. The van der Waals surface area contributed by atoms with E-state index in [-0.39, 0.29) is 5.92 Å². The highest BCUT2D eigenvalue weighted by atomic mass is 15.2. The van der Waals surface area contributed by atoms with E-state index in [2.05, 4.69) is 43.8 Å². The quantitative estimate of drug-likeness (QED) is 0.727. The third kappa shape index (κ3) is 4.96. The molecular weight excluding hydrogens is 222 g/mol. The molecule has 0 heterocycles. The fraction of sp³-hybridized carbons (Fsp3) is 0.933. The second-order valence-corrected chi connectivity index (χ2v) is 6.28. The zero-order valence-corrected chi connectivity index (χ0v) is 12.5. The normalized spacial score (nSPS) is 24.8. The smallest absolute Gasteiger partial charge is 0.0672 e. The van der Waals surface area contributed by atoms with Crippen LogP contribution in [0.1, 0.15) is 39.5 Å². The highest BCUT2D eigenvalue weighted by Crippen LogP contribution is 2.28. The lowest BCUT2D eigenvalue weighted by molar-refractivity contribution is 0.105. The lowest BCUT2D eigenvalue weighted by atomic mass is 9.84. The summed E-state index contributed by atoms with van der Waals surface area (Å²) in [5.74, 6) is 0.924. The lowest BCUT2D eigenvalue weighted by Gasteiger charge is -2.38. The van der Waals surface area contributed by atoms with Gasteiger partial charge in [0.25, 0.3) is 0 Å². The standard InChI is InChI=1S/C15H29N3/c1-13(2)12-18(10-9-17(3)4)15-8-6-5-7-14(15)11-16/h13-15H,5-10,12H2,1-4H3. The SMILES string of the molecule is CC(C)CN(CCN(C)C)C1CCCCC1C#N. The lowest BCUT2D eigenvalue weighted by Crippen LogP contribution is -2.46. The Morgan fingerprint density at radius 3 is 2.39 bits per heavy atom. The van der Waals surface area contributed by atoms with Crippen LogP contribution in [-0.4, -0.2) is 49.6 Å².